The molecule has 1 aliphatic rings. The van der Waals surface area contributed by atoms with Gasteiger partial charge >= 0.3 is 0 Å². The van der Waals surface area contributed by atoms with Gasteiger partial charge in [0.15, 0.2) is 0 Å². The standard InChI is InChI=1S/C13H19BrN2/c1-16-7-6-12(10-16)9-15-8-11-2-4-13(14)5-3-11/h2-5,12,15H,6-10H2,1H3. The van der Waals surface area contributed by atoms with Crippen LogP contribution in [0.25, 0.3) is 0 Å². The molecule has 1 saturated heterocycles. The zero-order chi connectivity index (χ0) is 11.4. The fourth-order valence-electron chi connectivity index (χ4n) is 2.22. The molecular weight excluding hydrogens is 264 g/mol. The third kappa shape index (κ3) is 3.58. The maximum Gasteiger partial charge on any atom is 0.0205 e. The predicted octanol–water partition coefficient (Wildman–Crippen LogP) is 2.49. The molecule has 0 spiro atoms. The first-order chi connectivity index (χ1) is 7.74. The second-order valence-electron chi connectivity index (χ2n) is 4.67. The van der Waals surface area contributed by atoms with E-state index in [4.69, 9.17) is 0 Å². The number of rotatable bonds is 4. The first-order valence-corrected chi connectivity index (χ1v) is 6.67. The lowest BCUT2D eigenvalue weighted by atomic mass is 10.1. The van der Waals surface area contributed by atoms with Crippen molar-refractivity contribution in [2.45, 2.75) is 13.0 Å². The molecule has 1 aromatic carbocycles. The summed E-state index contributed by atoms with van der Waals surface area (Å²) in [6.45, 7) is 4.62. The summed E-state index contributed by atoms with van der Waals surface area (Å²) in [6.07, 6.45) is 1.34. The quantitative estimate of drug-likeness (QED) is 0.913. The Bertz CT molecular complexity index is 323. The molecule has 1 N–H and O–H groups in total. The lowest BCUT2D eigenvalue weighted by Crippen LogP contribution is -2.24. The molecule has 0 bridgehead atoms. The summed E-state index contributed by atoms with van der Waals surface area (Å²) in [5.74, 6) is 0.834. The third-order valence-electron chi connectivity index (χ3n) is 3.16. The fourth-order valence-corrected chi connectivity index (χ4v) is 2.48. The van der Waals surface area contributed by atoms with E-state index in [1.165, 1.54) is 25.1 Å². The Kier molecular flexibility index (Phi) is 4.38. The highest BCUT2D eigenvalue weighted by molar-refractivity contribution is 9.10. The maximum atomic E-state index is 3.54. The molecule has 2 nitrogen and oxygen atoms in total. The molecule has 0 amide bonds. The molecule has 16 heavy (non-hydrogen) atoms. The normalized spacial score (nSPS) is 21.5. The van der Waals surface area contributed by atoms with Crippen molar-refractivity contribution in [2.24, 2.45) is 5.92 Å². The largest absolute Gasteiger partial charge is 0.312 e. The van der Waals surface area contributed by atoms with Gasteiger partial charge in [-0.05, 0) is 50.2 Å². The number of nitrogens with zero attached hydrogens (tertiary/aromatic N) is 1. The van der Waals surface area contributed by atoms with Gasteiger partial charge in [0.25, 0.3) is 0 Å². The first kappa shape index (κ1) is 12.1. The van der Waals surface area contributed by atoms with E-state index in [0.29, 0.717) is 0 Å². The minimum Gasteiger partial charge on any atom is -0.312 e. The molecule has 1 fully saturated rings. The topological polar surface area (TPSA) is 15.3 Å². The van der Waals surface area contributed by atoms with Gasteiger partial charge in [-0.1, -0.05) is 28.1 Å². The summed E-state index contributed by atoms with van der Waals surface area (Å²) < 4.78 is 1.15. The SMILES string of the molecule is CN1CCC(CNCc2ccc(Br)cc2)C1. The van der Waals surface area contributed by atoms with Gasteiger partial charge < -0.3 is 10.2 Å². The number of halogens is 1. The number of hydrogen-bond acceptors (Lipinski definition) is 2. The number of hydrogen-bond donors (Lipinski definition) is 1. The van der Waals surface area contributed by atoms with E-state index in [0.717, 1.165) is 23.5 Å². The number of nitrogens with one attached hydrogen (secondary N) is 1. The molecule has 2 rings (SSSR count). The van der Waals surface area contributed by atoms with Crippen LogP contribution in [0.5, 0.6) is 0 Å². The molecule has 0 aliphatic carbocycles. The van der Waals surface area contributed by atoms with Gasteiger partial charge in [-0.3, -0.25) is 0 Å². The van der Waals surface area contributed by atoms with Gasteiger partial charge in [0.1, 0.15) is 0 Å². The van der Waals surface area contributed by atoms with Gasteiger partial charge in [0, 0.05) is 17.6 Å². The second kappa shape index (κ2) is 5.80. The maximum absolute atomic E-state index is 3.54. The van der Waals surface area contributed by atoms with Crippen LogP contribution in [0, 0.1) is 5.92 Å². The Morgan fingerprint density at radius 1 is 1.38 bits per heavy atom. The van der Waals surface area contributed by atoms with Crippen LogP contribution in [0.2, 0.25) is 0 Å². The predicted molar refractivity (Wildman–Crippen MR) is 71.5 cm³/mol. The van der Waals surface area contributed by atoms with Crippen LogP contribution in [0.1, 0.15) is 12.0 Å². The Balaban J connectivity index is 1.70. The van der Waals surface area contributed by atoms with Crippen LogP contribution in [0.4, 0.5) is 0 Å². The summed E-state index contributed by atoms with van der Waals surface area (Å²) in [4.78, 5) is 2.41. The molecule has 0 saturated carbocycles. The smallest absolute Gasteiger partial charge is 0.0205 e. The van der Waals surface area contributed by atoms with Crippen LogP contribution in [0.15, 0.2) is 28.7 Å². The number of likely N-dealkylation sites (tertiary alicyclic amines) is 1. The van der Waals surface area contributed by atoms with Crippen LogP contribution in [-0.4, -0.2) is 31.6 Å². The molecule has 1 atom stereocenters. The van der Waals surface area contributed by atoms with Crippen LogP contribution in [-0.2, 0) is 6.54 Å². The lowest BCUT2D eigenvalue weighted by Gasteiger charge is -2.11. The van der Waals surface area contributed by atoms with Crippen LogP contribution >= 0.6 is 15.9 Å². The Morgan fingerprint density at radius 3 is 2.75 bits per heavy atom. The van der Waals surface area contributed by atoms with Crippen molar-refractivity contribution >= 4 is 15.9 Å². The molecule has 1 heterocycles. The second-order valence-corrected chi connectivity index (χ2v) is 5.59. The zero-order valence-corrected chi connectivity index (χ0v) is 11.3. The van der Waals surface area contributed by atoms with Crippen molar-refractivity contribution in [1.82, 2.24) is 10.2 Å². The molecule has 0 aromatic heterocycles. The van der Waals surface area contributed by atoms with Crippen molar-refractivity contribution in [1.29, 1.82) is 0 Å². The van der Waals surface area contributed by atoms with E-state index < -0.39 is 0 Å². The number of benzene rings is 1. The van der Waals surface area contributed by atoms with Crippen molar-refractivity contribution in [3.05, 3.63) is 34.3 Å². The minimum absolute atomic E-state index is 0.834. The zero-order valence-electron chi connectivity index (χ0n) is 9.75. The Labute approximate surface area is 106 Å². The van der Waals surface area contributed by atoms with Crippen molar-refractivity contribution in [3.8, 4) is 0 Å². The van der Waals surface area contributed by atoms with Gasteiger partial charge in [0.05, 0.1) is 0 Å². The highest BCUT2D eigenvalue weighted by Gasteiger charge is 2.18. The van der Waals surface area contributed by atoms with E-state index in [2.05, 4.69) is 57.5 Å². The molecule has 0 radical (unpaired) electrons. The summed E-state index contributed by atoms with van der Waals surface area (Å²) in [6, 6.07) is 8.52. The van der Waals surface area contributed by atoms with Gasteiger partial charge in [-0.15, -0.1) is 0 Å². The summed E-state index contributed by atoms with van der Waals surface area (Å²) in [5.41, 5.74) is 1.36. The highest BCUT2D eigenvalue weighted by atomic mass is 79.9. The summed E-state index contributed by atoms with van der Waals surface area (Å²) in [7, 11) is 2.20. The Morgan fingerprint density at radius 2 is 2.12 bits per heavy atom. The molecular formula is C13H19BrN2. The average molecular weight is 283 g/mol. The van der Waals surface area contributed by atoms with Gasteiger partial charge in [-0.2, -0.15) is 0 Å². The molecule has 88 valence electrons. The molecule has 1 aromatic rings. The average Bonchev–Trinajstić information content (AvgIpc) is 2.67. The monoisotopic (exact) mass is 282 g/mol. The molecule has 3 heteroatoms. The first-order valence-electron chi connectivity index (χ1n) is 5.88. The lowest BCUT2D eigenvalue weighted by molar-refractivity contribution is 0.388. The van der Waals surface area contributed by atoms with Crippen molar-refractivity contribution in [2.75, 3.05) is 26.7 Å². The summed E-state index contributed by atoms with van der Waals surface area (Å²) >= 11 is 3.45. The van der Waals surface area contributed by atoms with E-state index in [9.17, 15) is 0 Å². The van der Waals surface area contributed by atoms with E-state index in [1.807, 2.05) is 0 Å². The van der Waals surface area contributed by atoms with E-state index in [-0.39, 0.29) is 0 Å². The van der Waals surface area contributed by atoms with E-state index in [1.54, 1.807) is 0 Å². The van der Waals surface area contributed by atoms with E-state index >= 15 is 0 Å². The minimum atomic E-state index is 0.834. The fraction of sp³-hybridized carbons (Fsp3) is 0.538. The van der Waals surface area contributed by atoms with Crippen LogP contribution in [0.3, 0.4) is 0 Å². The third-order valence-corrected chi connectivity index (χ3v) is 3.69. The van der Waals surface area contributed by atoms with Gasteiger partial charge in [-0.25, -0.2) is 0 Å². The summed E-state index contributed by atoms with van der Waals surface area (Å²) in [5, 5.41) is 3.54. The highest BCUT2D eigenvalue weighted by Crippen LogP contribution is 2.13. The Hall–Kier alpha value is -0.380. The molecule has 1 unspecified atom stereocenters. The van der Waals surface area contributed by atoms with Gasteiger partial charge in [0.2, 0.25) is 0 Å². The van der Waals surface area contributed by atoms with Crippen molar-refractivity contribution in [3.63, 3.8) is 0 Å². The van der Waals surface area contributed by atoms with Crippen molar-refractivity contribution < 1.29 is 0 Å². The molecule has 1 aliphatic heterocycles. The van der Waals surface area contributed by atoms with Crippen LogP contribution < -0.4 is 5.32 Å².